The lowest BCUT2D eigenvalue weighted by molar-refractivity contribution is -0.385. The van der Waals surface area contributed by atoms with Gasteiger partial charge in [0.1, 0.15) is 0 Å². The lowest BCUT2D eigenvalue weighted by Gasteiger charge is -2.34. The molecule has 0 aromatic heterocycles. The van der Waals surface area contributed by atoms with E-state index in [1.807, 2.05) is 0 Å². The number of hydrogen-bond acceptors (Lipinski definition) is 5. The second-order valence-electron chi connectivity index (χ2n) is 5.49. The summed E-state index contributed by atoms with van der Waals surface area (Å²) in [5.41, 5.74) is 5.90. The number of carbonyl (C=O) groups is 1. The van der Waals surface area contributed by atoms with Gasteiger partial charge in [0.15, 0.2) is 0 Å². The highest BCUT2D eigenvalue weighted by atomic mass is 16.6. The molecule has 0 unspecified atom stereocenters. The molecule has 1 aliphatic rings. The fourth-order valence-corrected chi connectivity index (χ4v) is 2.68. The maximum Gasteiger partial charge on any atom is 0.272 e. The van der Waals surface area contributed by atoms with Gasteiger partial charge in [-0.2, -0.15) is 0 Å². The Morgan fingerprint density at radius 2 is 2.05 bits per heavy atom. The summed E-state index contributed by atoms with van der Waals surface area (Å²) >= 11 is 0. The summed E-state index contributed by atoms with van der Waals surface area (Å²) in [7, 11) is 0. The predicted octanol–water partition coefficient (Wildman–Crippen LogP) is 1.01. The van der Waals surface area contributed by atoms with Crippen molar-refractivity contribution in [2.45, 2.75) is 19.3 Å². The van der Waals surface area contributed by atoms with E-state index in [1.54, 1.807) is 18.2 Å². The van der Waals surface area contributed by atoms with Crippen LogP contribution in [0.3, 0.4) is 0 Å². The zero-order valence-corrected chi connectivity index (χ0v) is 12.4. The molecule has 120 valence electrons. The van der Waals surface area contributed by atoms with Gasteiger partial charge in [0.2, 0.25) is 5.91 Å². The van der Waals surface area contributed by atoms with Crippen LogP contribution in [-0.4, -0.2) is 37.1 Å². The first-order valence-electron chi connectivity index (χ1n) is 7.37. The fourth-order valence-electron chi connectivity index (χ4n) is 2.68. The van der Waals surface area contributed by atoms with Gasteiger partial charge < -0.3 is 15.8 Å². The van der Waals surface area contributed by atoms with E-state index in [0.717, 1.165) is 0 Å². The van der Waals surface area contributed by atoms with E-state index in [0.29, 0.717) is 44.6 Å². The molecular weight excluding hydrogens is 286 g/mol. The van der Waals surface area contributed by atoms with Crippen LogP contribution in [0.15, 0.2) is 24.3 Å². The number of amides is 1. The summed E-state index contributed by atoms with van der Waals surface area (Å²) in [6.07, 6.45) is 1.64. The molecule has 1 heterocycles. The van der Waals surface area contributed by atoms with Crippen molar-refractivity contribution < 1.29 is 14.5 Å². The van der Waals surface area contributed by atoms with E-state index in [9.17, 15) is 14.9 Å². The van der Waals surface area contributed by atoms with Gasteiger partial charge in [-0.1, -0.05) is 18.2 Å². The van der Waals surface area contributed by atoms with Gasteiger partial charge in [-0.05, 0) is 19.3 Å². The number of nitrogens with two attached hydrogens (primary N) is 1. The van der Waals surface area contributed by atoms with Crippen molar-refractivity contribution in [2.24, 2.45) is 11.1 Å². The van der Waals surface area contributed by atoms with E-state index in [-0.39, 0.29) is 18.1 Å². The molecule has 1 amide bonds. The van der Waals surface area contributed by atoms with Crippen molar-refractivity contribution in [2.75, 3.05) is 26.3 Å². The Bertz CT molecular complexity index is 541. The van der Waals surface area contributed by atoms with E-state index in [4.69, 9.17) is 10.5 Å². The SMILES string of the molecule is NCC1(C(=O)NCCc2ccccc2[N+](=O)[O-])CCOCC1. The molecule has 0 radical (unpaired) electrons. The normalized spacial score (nSPS) is 17.0. The third-order valence-electron chi connectivity index (χ3n) is 4.19. The average molecular weight is 307 g/mol. The molecule has 7 heteroatoms. The molecule has 1 aromatic rings. The predicted molar refractivity (Wildman–Crippen MR) is 81.4 cm³/mol. The van der Waals surface area contributed by atoms with Crippen LogP contribution in [0.4, 0.5) is 5.69 Å². The van der Waals surface area contributed by atoms with Gasteiger partial charge in [0.05, 0.1) is 10.3 Å². The van der Waals surface area contributed by atoms with Crippen LogP contribution in [0.25, 0.3) is 0 Å². The van der Waals surface area contributed by atoms with Gasteiger partial charge in [-0.15, -0.1) is 0 Å². The van der Waals surface area contributed by atoms with E-state index >= 15 is 0 Å². The van der Waals surface area contributed by atoms with E-state index in [1.165, 1.54) is 6.07 Å². The van der Waals surface area contributed by atoms with Crippen molar-refractivity contribution in [1.29, 1.82) is 0 Å². The molecule has 0 saturated carbocycles. The zero-order chi connectivity index (χ0) is 16.0. The Morgan fingerprint density at radius 3 is 2.68 bits per heavy atom. The largest absolute Gasteiger partial charge is 0.381 e. The van der Waals surface area contributed by atoms with Crippen LogP contribution in [-0.2, 0) is 16.0 Å². The lowest BCUT2D eigenvalue weighted by atomic mass is 9.79. The van der Waals surface area contributed by atoms with Crippen LogP contribution in [0.2, 0.25) is 0 Å². The Morgan fingerprint density at radius 1 is 1.36 bits per heavy atom. The van der Waals surface area contributed by atoms with Gasteiger partial charge >= 0.3 is 0 Å². The first-order valence-corrected chi connectivity index (χ1v) is 7.37. The molecule has 7 nitrogen and oxygen atoms in total. The smallest absolute Gasteiger partial charge is 0.272 e. The number of benzene rings is 1. The number of rotatable bonds is 6. The average Bonchev–Trinajstić information content (AvgIpc) is 2.55. The van der Waals surface area contributed by atoms with Crippen molar-refractivity contribution >= 4 is 11.6 Å². The molecule has 1 fully saturated rings. The molecule has 0 atom stereocenters. The van der Waals surface area contributed by atoms with Crippen molar-refractivity contribution in [3.05, 3.63) is 39.9 Å². The summed E-state index contributed by atoms with van der Waals surface area (Å²) in [4.78, 5) is 22.9. The van der Waals surface area contributed by atoms with Crippen LogP contribution in [0, 0.1) is 15.5 Å². The van der Waals surface area contributed by atoms with Crippen LogP contribution in [0.5, 0.6) is 0 Å². The minimum Gasteiger partial charge on any atom is -0.381 e. The van der Waals surface area contributed by atoms with E-state index in [2.05, 4.69) is 5.32 Å². The molecule has 0 bridgehead atoms. The van der Waals surface area contributed by atoms with Crippen LogP contribution in [0.1, 0.15) is 18.4 Å². The first kappa shape index (κ1) is 16.4. The van der Waals surface area contributed by atoms with Gasteiger partial charge in [-0.25, -0.2) is 0 Å². The Labute approximate surface area is 129 Å². The van der Waals surface area contributed by atoms with Crippen LogP contribution >= 0.6 is 0 Å². The number of nitro benzene ring substituents is 1. The summed E-state index contributed by atoms with van der Waals surface area (Å²) in [5.74, 6) is -0.0862. The second-order valence-corrected chi connectivity index (χ2v) is 5.49. The summed E-state index contributed by atoms with van der Waals surface area (Å²) < 4.78 is 5.28. The topological polar surface area (TPSA) is 107 Å². The molecule has 2 rings (SSSR count). The zero-order valence-electron chi connectivity index (χ0n) is 12.4. The monoisotopic (exact) mass is 307 g/mol. The highest BCUT2D eigenvalue weighted by Crippen LogP contribution is 2.29. The third kappa shape index (κ3) is 3.61. The Kier molecular flexibility index (Phi) is 5.46. The standard InChI is InChI=1S/C15H21N3O4/c16-11-15(6-9-22-10-7-15)14(19)17-8-5-12-3-1-2-4-13(12)18(20)21/h1-4H,5-11,16H2,(H,17,19). The molecule has 1 saturated heterocycles. The second kappa shape index (κ2) is 7.33. The number of nitro groups is 1. The molecule has 1 aromatic carbocycles. The first-order chi connectivity index (χ1) is 10.6. The van der Waals surface area contributed by atoms with Gasteiger partial charge in [-0.3, -0.25) is 14.9 Å². The minimum atomic E-state index is -0.569. The number of nitrogens with zero attached hydrogens (tertiary/aromatic N) is 1. The summed E-state index contributed by atoms with van der Waals surface area (Å²) in [5, 5.41) is 13.8. The van der Waals surface area contributed by atoms with Gasteiger partial charge in [0.25, 0.3) is 5.69 Å². The number of ether oxygens (including phenoxy) is 1. The molecule has 0 aliphatic carbocycles. The van der Waals surface area contributed by atoms with Crippen molar-refractivity contribution in [3.8, 4) is 0 Å². The fraction of sp³-hybridized carbons (Fsp3) is 0.533. The van der Waals surface area contributed by atoms with Crippen LogP contribution < -0.4 is 11.1 Å². The van der Waals surface area contributed by atoms with Gasteiger partial charge in [0, 0.05) is 37.9 Å². The highest BCUT2D eigenvalue weighted by Gasteiger charge is 2.38. The maximum atomic E-state index is 12.4. The number of nitrogens with one attached hydrogen (secondary N) is 1. The minimum absolute atomic E-state index is 0.0800. The number of carbonyl (C=O) groups excluding carboxylic acids is 1. The quantitative estimate of drug-likeness (QED) is 0.602. The number of para-hydroxylation sites is 1. The summed E-state index contributed by atoms with van der Waals surface area (Å²) in [6, 6.07) is 6.56. The number of hydrogen-bond donors (Lipinski definition) is 2. The van der Waals surface area contributed by atoms with E-state index < -0.39 is 10.3 Å². The molecule has 0 spiro atoms. The Hall–Kier alpha value is -1.99. The van der Waals surface area contributed by atoms with Crippen molar-refractivity contribution in [3.63, 3.8) is 0 Å². The third-order valence-corrected chi connectivity index (χ3v) is 4.19. The maximum absolute atomic E-state index is 12.4. The molecule has 22 heavy (non-hydrogen) atoms. The molecule has 1 aliphatic heterocycles. The lowest BCUT2D eigenvalue weighted by Crippen LogP contribution is -2.49. The Balaban J connectivity index is 1.93. The molecule has 3 N–H and O–H groups in total. The summed E-state index contributed by atoms with van der Waals surface area (Å²) in [6.45, 7) is 1.71. The van der Waals surface area contributed by atoms with Crippen molar-refractivity contribution in [1.82, 2.24) is 5.32 Å². The molecular formula is C15H21N3O4. The highest BCUT2D eigenvalue weighted by molar-refractivity contribution is 5.83.